The molecule has 1 rings (SSSR count). The van der Waals surface area contributed by atoms with Crippen LogP contribution in [0.3, 0.4) is 0 Å². The molecule has 1 atom stereocenters. The molecule has 0 radical (unpaired) electrons. The Bertz CT molecular complexity index is 477. The number of carboxylic acid groups (broad SMARTS) is 1. The minimum absolute atomic E-state index is 0.157. The van der Waals surface area contributed by atoms with Crippen LogP contribution in [-0.4, -0.2) is 45.2 Å². The first-order chi connectivity index (χ1) is 8.97. The zero-order valence-electron chi connectivity index (χ0n) is 10.3. The Morgan fingerprint density at radius 2 is 2.05 bits per heavy atom. The fraction of sp³-hybridized carbons (Fsp3) is 0.333. The van der Waals surface area contributed by atoms with E-state index in [4.69, 9.17) is 5.11 Å². The standard InChI is InChI=1S/C12H15NO5S/c1-19-6-5-8(12(17)18)13-11(16)7-3-2-4-9(14)10(7)15/h2-4,8,14-15H,5-6H2,1H3,(H,13,16)(H,17,18). The summed E-state index contributed by atoms with van der Waals surface area (Å²) in [5.74, 6) is -2.27. The number of aliphatic carboxylic acids is 1. The summed E-state index contributed by atoms with van der Waals surface area (Å²) in [6.45, 7) is 0. The van der Waals surface area contributed by atoms with Gasteiger partial charge in [-0.25, -0.2) is 4.79 Å². The number of rotatable bonds is 6. The number of aromatic hydroxyl groups is 2. The van der Waals surface area contributed by atoms with E-state index in [2.05, 4.69) is 5.32 Å². The first-order valence-electron chi connectivity index (χ1n) is 5.51. The first kappa shape index (κ1) is 15.2. The lowest BCUT2D eigenvalue weighted by Crippen LogP contribution is -2.41. The quantitative estimate of drug-likeness (QED) is 0.582. The van der Waals surface area contributed by atoms with Crippen molar-refractivity contribution in [3.63, 3.8) is 0 Å². The average Bonchev–Trinajstić information content (AvgIpc) is 2.37. The summed E-state index contributed by atoms with van der Waals surface area (Å²) in [5, 5.41) is 30.1. The molecule has 1 unspecified atom stereocenters. The van der Waals surface area contributed by atoms with Crippen molar-refractivity contribution in [2.75, 3.05) is 12.0 Å². The third-order valence-corrected chi connectivity index (χ3v) is 3.12. The molecular formula is C12H15NO5S. The minimum atomic E-state index is -1.14. The third-order valence-electron chi connectivity index (χ3n) is 2.47. The van der Waals surface area contributed by atoms with Crippen LogP contribution in [0.1, 0.15) is 16.8 Å². The van der Waals surface area contributed by atoms with Gasteiger partial charge in [0.1, 0.15) is 6.04 Å². The number of carboxylic acids is 1. The lowest BCUT2D eigenvalue weighted by atomic mass is 10.1. The second-order valence-corrected chi connectivity index (χ2v) is 4.80. The Balaban J connectivity index is 2.82. The van der Waals surface area contributed by atoms with Crippen LogP contribution in [0.25, 0.3) is 0 Å². The number of thioether (sulfide) groups is 1. The van der Waals surface area contributed by atoms with E-state index >= 15 is 0 Å². The Morgan fingerprint density at radius 3 is 2.63 bits per heavy atom. The zero-order chi connectivity index (χ0) is 14.4. The van der Waals surface area contributed by atoms with Crippen molar-refractivity contribution in [3.8, 4) is 11.5 Å². The number of carbonyl (C=O) groups is 2. The van der Waals surface area contributed by atoms with Crippen LogP contribution in [0.5, 0.6) is 11.5 Å². The lowest BCUT2D eigenvalue weighted by molar-refractivity contribution is -0.139. The van der Waals surface area contributed by atoms with E-state index in [0.717, 1.165) is 0 Å². The highest BCUT2D eigenvalue weighted by Gasteiger charge is 2.22. The van der Waals surface area contributed by atoms with Crippen LogP contribution in [0.15, 0.2) is 18.2 Å². The highest BCUT2D eigenvalue weighted by atomic mass is 32.2. The molecule has 19 heavy (non-hydrogen) atoms. The second-order valence-electron chi connectivity index (χ2n) is 3.82. The van der Waals surface area contributed by atoms with Crippen LogP contribution in [0.2, 0.25) is 0 Å². The normalized spacial score (nSPS) is 11.8. The monoisotopic (exact) mass is 285 g/mol. The SMILES string of the molecule is CSCCC(NC(=O)c1cccc(O)c1O)C(=O)O. The maximum absolute atomic E-state index is 11.8. The van der Waals surface area contributed by atoms with Crippen LogP contribution in [0, 0.1) is 0 Å². The Kier molecular flexibility index (Phi) is 5.50. The number of carbonyl (C=O) groups excluding carboxylic acids is 1. The van der Waals surface area contributed by atoms with Crippen molar-refractivity contribution in [1.82, 2.24) is 5.32 Å². The molecule has 0 aromatic heterocycles. The maximum atomic E-state index is 11.8. The van der Waals surface area contributed by atoms with E-state index in [9.17, 15) is 19.8 Å². The van der Waals surface area contributed by atoms with Gasteiger partial charge in [-0.3, -0.25) is 4.79 Å². The Labute approximate surface area is 114 Å². The van der Waals surface area contributed by atoms with Gasteiger partial charge in [-0.1, -0.05) is 6.07 Å². The molecule has 1 amide bonds. The molecule has 0 saturated heterocycles. The summed E-state index contributed by atoms with van der Waals surface area (Å²) in [4.78, 5) is 22.8. The summed E-state index contributed by atoms with van der Waals surface area (Å²) in [7, 11) is 0. The molecule has 0 aliphatic heterocycles. The van der Waals surface area contributed by atoms with Gasteiger partial charge in [0.15, 0.2) is 11.5 Å². The number of hydrogen-bond acceptors (Lipinski definition) is 5. The second kappa shape index (κ2) is 6.89. The van der Waals surface area contributed by atoms with Gasteiger partial charge in [0, 0.05) is 0 Å². The van der Waals surface area contributed by atoms with E-state index in [1.54, 1.807) is 0 Å². The number of amides is 1. The average molecular weight is 285 g/mol. The van der Waals surface area contributed by atoms with Crippen LogP contribution < -0.4 is 5.32 Å². The van der Waals surface area contributed by atoms with Gasteiger partial charge in [-0.05, 0) is 30.6 Å². The van der Waals surface area contributed by atoms with E-state index in [1.807, 2.05) is 6.26 Å². The number of phenolic OH excluding ortho intramolecular Hbond substituents is 2. The molecule has 0 saturated carbocycles. The number of hydrogen-bond donors (Lipinski definition) is 4. The summed E-state index contributed by atoms with van der Waals surface area (Å²) in [6, 6.07) is 2.90. The summed E-state index contributed by atoms with van der Waals surface area (Å²) >= 11 is 1.47. The highest BCUT2D eigenvalue weighted by Crippen LogP contribution is 2.28. The molecule has 7 heteroatoms. The molecular weight excluding hydrogens is 270 g/mol. The van der Waals surface area contributed by atoms with Gasteiger partial charge >= 0.3 is 5.97 Å². The highest BCUT2D eigenvalue weighted by molar-refractivity contribution is 7.98. The van der Waals surface area contributed by atoms with Gasteiger partial charge in [0.25, 0.3) is 5.91 Å². The molecule has 1 aromatic rings. The van der Waals surface area contributed by atoms with E-state index < -0.39 is 29.4 Å². The predicted molar refractivity (Wildman–Crippen MR) is 71.7 cm³/mol. The van der Waals surface area contributed by atoms with Crippen LogP contribution >= 0.6 is 11.8 Å². The largest absolute Gasteiger partial charge is 0.504 e. The van der Waals surface area contributed by atoms with E-state index in [0.29, 0.717) is 5.75 Å². The zero-order valence-corrected chi connectivity index (χ0v) is 11.1. The number of phenols is 2. The molecule has 0 aliphatic rings. The maximum Gasteiger partial charge on any atom is 0.326 e. The van der Waals surface area contributed by atoms with Crippen molar-refractivity contribution in [2.45, 2.75) is 12.5 Å². The molecule has 1 aromatic carbocycles. The first-order valence-corrected chi connectivity index (χ1v) is 6.90. The predicted octanol–water partition coefficient (Wildman–Crippen LogP) is 1.03. The van der Waals surface area contributed by atoms with Gasteiger partial charge in [0.2, 0.25) is 0 Å². The Morgan fingerprint density at radius 1 is 1.37 bits per heavy atom. The van der Waals surface area contributed by atoms with Crippen molar-refractivity contribution in [2.24, 2.45) is 0 Å². The number of para-hydroxylation sites is 1. The van der Waals surface area contributed by atoms with E-state index in [1.165, 1.54) is 30.0 Å². The van der Waals surface area contributed by atoms with Crippen molar-refractivity contribution in [3.05, 3.63) is 23.8 Å². The molecule has 0 fully saturated rings. The van der Waals surface area contributed by atoms with Crippen molar-refractivity contribution in [1.29, 1.82) is 0 Å². The summed E-state index contributed by atoms with van der Waals surface area (Å²) in [6.07, 6.45) is 2.11. The van der Waals surface area contributed by atoms with Gasteiger partial charge in [0.05, 0.1) is 5.56 Å². The topological polar surface area (TPSA) is 107 Å². The van der Waals surface area contributed by atoms with Crippen LogP contribution in [-0.2, 0) is 4.79 Å². The Hall–Kier alpha value is -1.89. The van der Waals surface area contributed by atoms with Crippen molar-refractivity contribution < 1.29 is 24.9 Å². The molecule has 0 spiro atoms. The third kappa shape index (κ3) is 4.06. The minimum Gasteiger partial charge on any atom is -0.504 e. The van der Waals surface area contributed by atoms with Gasteiger partial charge in [-0.2, -0.15) is 11.8 Å². The van der Waals surface area contributed by atoms with Gasteiger partial charge in [-0.15, -0.1) is 0 Å². The smallest absolute Gasteiger partial charge is 0.326 e. The molecule has 0 aliphatic carbocycles. The van der Waals surface area contributed by atoms with E-state index in [-0.39, 0.29) is 12.0 Å². The molecule has 4 N–H and O–H groups in total. The van der Waals surface area contributed by atoms with Gasteiger partial charge < -0.3 is 20.6 Å². The number of nitrogens with one attached hydrogen (secondary N) is 1. The molecule has 0 bridgehead atoms. The molecule has 6 nitrogen and oxygen atoms in total. The fourth-order valence-electron chi connectivity index (χ4n) is 1.44. The number of benzene rings is 1. The summed E-state index contributed by atoms with van der Waals surface area (Å²) < 4.78 is 0. The molecule has 104 valence electrons. The van der Waals surface area contributed by atoms with Crippen molar-refractivity contribution >= 4 is 23.6 Å². The lowest BCUT2D eigenvalue weighted by Gasteiger charge is -2.14. The van der Waals surface area contributed by atoms with Crippen LogP contribution in [0.4, 0.5) is 0 Å². The fourth-order valence-corrected chi connectivity index (χ4v) is 1.92. The summed E-state index contributed by atoms with van der Waals surface area (Å²) in [5.41, 5.74) is -0.157. The molecule has 0 heterocycles.